The van der Waals surface area contributed by atoms with Gasteiger partial charge in [0.1, 0.15) is 5.58 Å². The molecule has 3 aromatic heterocycles. The Kier molecular flexibility index (Phi) is 12.5. The number of benzene rings is 6. The van der Waals surface area contributed by atoms with Gasteiger partial charge in [-0.05, 0) is 64.4 Å². The number of rotatable bonds is 9. The van der Waals surface area contributed by atoms with Crippen molar-refractivity contribution in [3.63, 3.8) is 0 Å². The fourth-order valence-corrected chi connectivity index (χ4v) is 11.0. The maximum absolute atomic E-state index is 8.56. The van der Waals surface area contributed by atoms with E-state index in [9.17, 15) is 0 Å². The molecule has 0 aliphatic heterocycles. The van der Waals surface area contributed by atoms with E-state index in [4.69, 9.17) is 12.1 Å². The minimum Gasteiger partial charge on any atom is 0 e. The molecule has 0 atom stereocenters. The van der Waals surface area contributed by atoms with Crippen molar-refractivity contribution in [3.8, 4) is 39.5 Å². The summed E-state index contributed by atoms with van der Waals surface area (Å²) in [7, 11) is 0. The first-order chi connectivity index (χ1) is 29.6. The van der Waals surface area contributed by atoms with Crippen molar-refractivity contribution in [2.75, 3.05) is 0 Å². The van der Waals surface area contributed by atoms with Gasteiger partial charge in [0.15, 0.2) is 0 Å². The van der Waals surface area contributed by atoms with Crippen molar-refractivity contribution in [3.05, 3.63) is 168 Å². The molecular formula is C55H55GeIrN3O-2. The molecule has 0 N–H and O–H groups in total. The van der Waals surface area contributed by atoms with Crippen LogP contribution in [0.1, 0.15) is 72.8 Å². The Balaban J connectivity index is 0.000000221. The van der Waals surface area contributed by atoms with Crippen molar-refractivity contribution in [1.29, 1.82) is 0 Å². The topological polar surface area (TPSA) is 43.9 Å². The second-order valence-corrected chi connectivity index (χ2v) is 28.1. The maximum atomic E-state index is 8.56. The number of hydrogen-bond donors (Lipinski definition) is 0. The standard InChI is InChI=1S/C37H31N2O.C18H24GeN.Ir/c1-23(2)30-21-26(25-13-6-5-7-14-25)22-31(24(3)4)35(30)39-33-19-10-9-18-32(33)38-37(39)29-17-12-16-28-27-15-8-11-20-34(27)40-36(28)29;1-14(2)11-16-12-18(15-9-7-6-8-10-15)20-13-17(16)19(3,4)5;/h5-16,18-24H,1-4H3;6-9,12-14H,11H2,1-5H3;/q2*-1;/i;11D2;. The van der Waals surface area contributed by atoms with Crippen LogP contribution in [0.25, 0.3) is 72.4 Å². The van der Waals surface area contributed by atoms with Crippen LogP contribution in [0.5, 0.6) is 0 Å². The molecule has 4 nitrogen and oxygen atoms in total. The zero-order valence-corrected chi connectivity index (χ0v) is 41.1. The van der Waals surface area contributed by atoms with E-state index >= 15 is 0 Å². The molecule has 6 aromatic carbocycles. The van der Waals surface area contributed by atoms with Crippen LogP contribution in [-0.4, -0.2) is 27.8 Å². The van der Waals surface area contributed by atoms with Crippen LogP contribution in [0.3, 0.4) is 0 Å². The molecule has 0 saturated heterocycles. The fourth-order valence-electron chi connectivity index (χ4n) is 8.08. The largest absolute Gasteiger partial charge is 0 e. The van der Waals surface area contributed by atoms with Gasteiger partial charge >= 0.3 is 128 Å². The van der Waals surface area contributed by atoms with Gasteiger partial charge in [-0.1, -0.05) is 99.3 Å². The molecule has 0 aliphatic carbocycles. The fraction of sp³-hybridized carbons (Fsp3) is 0.236. The summed E-state index contributed by atoms with van der Waals surface area (Å²) in [5, 5.41) is 2.18. The molecule has 61 heavy (non-hydrogen) atoms. The Hall–Kier alpha value is -5.07. The third kappa shape index (κ3) is 9.12. The van der Waals surface area contributed by atoms with E-state index in [-0.39, 0.29) is 26.0 Å². The van der Waals surface area contributed by atoms with Crippen molar-refractivity contribution in [1.82, 2.24) is 14.5 Å². The summed E-state index contributed by atoms with van der Waals surface area (Å²) in [5.74, 6) is 8.22. The number of imidazole rings is 1. The van der Waals surface area contributed by atoms with Gasteiger partial charge < -0.3 is 8.98 Å². The second-order valence-electron chi connectivity index (χ2n) is 17.6. The van der Waals surface area contributed by atoms with Gasteiger partial charge in [-0.2, -0.15) is 0 Å². The SMILES string of the molecule is CC(C)c1cc(-c2ccccc2)cc(C(C)C)c1-n1c(-c2[c-]ccc3c2oc2ccccc23)nc2ccccc21.[2H]C([2H])(c1cc(-c2[c-]cccc2)nc[c]1[Ge]([CH3])([CH3])[CH3])C(C)C.[Ir]. The molecule has 0 aliphatic rings. The average Bonchev–Trinajstić information content (AvgIpc) is 3.85. The van der Waals surface area contributed by atoms with Gasteiger partial charge in [0, 0.05) is 31.2 Å². The van der Waals surface area contributed by atoms with Gasteiger partial charge in [0.25, 0.3) is 0 Å². The summed E-state index contributed by atoms with van der Waals surface area (Å²) in [4.78, 5) is 9.83. The van der Waals surface area contributed by atoms with Crippen LogP contribution in [0.15, 0.2) is 144 Å². The van der Waals surface area contributed by atoms with Crippen LogP contribution in [-0.2, 0) is 26.5 Å². The smallest absolute Gasteiger partial charge is 0 e. The zero-order chi connectivity index (χ0) is 43.9. The van der Waals surface area contributed by atoms with E-state index < -0.39 is 19.6 Å². The van der Waals surface area contributed by atoms with Crippen molar-refractivity contribution < 1.29 is 27.3 Å². The molecule has 1 radical (unpaired) electrons. The third-order valence-electron chi connectivity index (χ3n) is 11.0. The zero-order valence-electron chi connectivity index (χ0n) is 38.6. The van der Waals surface area contributed by atoms with E-state index in [2.05, 4.69) is 152 Å². The van der Waals surface area contributed by atoms with Crippen LogP contribution >= 0.6 is 0 Å². The van der Waals surface area contributed by atoms with Crippen molar-refractivity contribution in [2.45, 2.75) is 77.0 Å². The van der Waals surface area contributed by atoms with Crippen LogP contribution in [0, 0.1) is 18.1 Å². The first-order valence-corrected chi connectivity index (χ1v) is 28.5. The summed E-state index contributed by atoms with van der Waals surface area (Å²) in [5.41, 5.74) is 13.4. The minimum absolute atomic E-state index is 0. The Bertz CT molecular complexity index is 2990. The summed E-state index contributed by atoms with van der Waals surface area (Å²) >= 11 is -2.20. The molecule has 9 rings (SSSR count). The molecule has 0 amide bonds. The number of fused-ring (bicyclic) bond motifs is 4. The summed E-state index contributed by atoms with van der Waals surface area (Å²) in [6, 6.07) is 52.5. The summed E-state index contributed by atoms with van der Waals surface area (Å²) in [6.45, 7) is 13.0. The molecule has 0 bridgehead atoms. The van der Waals surface area contributed by atoms with Crippen molar-refractivity contribution in [2.24, 2.45) is 5.92 Å². The molecule has 0 unspecified atom stereocenters. The first-order valence-electron chi connectivity index (χ1n) is 22.2. The molecule has 0 fully saturated rings. The van der Waals surface area contributed by atoms with Crippen LogP contribution in [0.2, 0.25) is 17.3 Å². The maximum Gasteiger partial charge on any atom is 0 e. The molecular weight excluding hydrogens is 983 g/mol. The molecule has 0 spiro atoms. The molecule has 3 heterocycles. The Labute approximate surface area is 381 Å². The number of furan rings is 1. The summed E-state index contributed by atoms with van der Waals surface area (Å²) in [6.07, 6.45) is 0.562. The minimum atomic E-state index is -2.20. The normalized spacial score (nSPS) is 12.5. The number of aromatic nitrogens is 3. The second kappa shape index (κ2) is 18.5. The van der Waals surface area contributed by atoms with Gasteiger partial charge in [-0.15, -0.1) is 18.2 Å². The van der Waals surface area contributed by atoms with Gasteiger partial charge in [-0.3, -0.25) is 4.98 Å². The monoisotopic (exact) mass is 1040 g/mol. The van der Waals surface area contributed by atoms with Crippen LogP contribution in [0.4, 0.5) is 0 Å². The third-order valence-corrected chi connectivity index (χ3v) is 15.2. The number of nitrogens with zero attached hydrogens (tertiary/aromatic N) is 3. The molecule has 6 heteroatoms. The predicted molar refractivity (Wildman–Crippen MR) is 256 cm³/mol. The molecule has 0 saturated carbocycles. The first kappa shape index (κ1) is 41.3. The Morgan fingerprint density at radius 3 is 2.05 bits per heavy atom. The van der Waals surface area contributed by atoms with Crippen molar-refractivity contribution >= 4 is 50.6 Å². The van der Waals surface area contributed by atoms with Crippen LogP contribution < -0.4 is 4.40 Å². The molecule has 9 aromatic rings. The Morgan fingerprint density at radius 2 is 1.38 bits per heavy atom. The van der Waals surface area contributed by atoms with Gasteiger partial charge in [-0.25, -0.2) is 0 Å². The Morgan fingerprint density at radius 1 is 0.705 bits per heavy atom. The van der Waals surface area contributed by atoms with E-state index in [0.717, 1.165) is 65.6 Å². The number of pyridine rings is 1. The van der Waals surface area contributed by atoms with E-state index in [1.165, 1.54) is 27.9 Å². The molecule has 311 valence electrons. The predicted octanol–water partition coefficient (Wildman–Crippen LogP) is 14.6. The van der Waals surface area contributed by atoms with E-state index in [0.29, 0.717) is 11.8 Å². The number of para-hydroxylation sites is 3. The average molecular weight is 1040 g/mol. The van der Waals surface area contributed by atoms with E-state index in [1.54, 1.807) is 0 Å². The quantitative estimate of drug-likeness (QED) is 0.107. The van der Waals surface area contributed by atoms with E-state index in [1.807, 2.05) is 68.6 Å². The number of hydrogen-bond acceptors (Lipinski definition) is 3. The van der Waals surface area contributed by atoms with Gasteiger partial charge in [0.2, 0.25) is 0 Å². The van der Waals surface area contributed by atoms with Gasteiger partial charge in [0.05, 0.1) is 22.4 Å². The summed E-state index contributed by atoms with van der Waals surface area (Å²) < 4.78 is 27.1.